The van der Waals surface area contributed by atoms with E-state index in [0.717, 1.165) is 5.56 Å². The Hall–Kier alpha value is -1.51. The molecule has 2 amide bonds. The summed E-state index contributed by atoms with van der Waals surface area (Å²) in [4.78, 5) is 11.6. The van der Waals surface area contributed by atoms with E-state index < -0.39 is 0 Å². The molecule has 0 bridgehead atoms. The first-order valence-electron chi connectivity index (χ1n) is 6.36. The van der Waals surface area contributed by atoms with Gasteiger partial charge in [-0.3, -0.25) is 0 Å². The van der Waals surface area contributed by atoms with E-state index in [1.807, 2.05) is 0 Å². The van der Waals surface area contributed by atoms with E-state index in [0.29, 0.717) is 13.1 Å². The summed E-state index contributed by atoms with van der Waals surface area (Å²) in [5, 5.41) is 5.76. The van der Waals surface area contributed by atoms with Gasteiger partial charge in [0.25, 0.3) is 0 Å². The lowest BCUT2D eigenvalue weighted by Gasteiger charge is -2.19. The Morgan fingerprint density at radius 2 is 1.83 bits per heavy atom. The van der Waals surface area contributed by atoms with Gasteiger partial charge in [0.15, 0.2) is 0 Å². The third-order valence-corrected chi connectivity index (χ3v) is 2.72. The molecule has 1 aromatic rings. The maximum absolute atomic E-state index is 11.6. The number of urea groups is 1. The van der Waals surface area contributed by atoms with Crippen molar-refractivity contribution in [3.63, 3.8) is 0 Å². The first-order valence-corrected chi connectivity index (χ1v) is 6.36. The average Bonchev–Trinajstić information content (AvgIpc) is 2.24. The first kappa shape index (κ1) is 14.6. The fraction of sp³-hybridized carbons (Fsp3) is 0.533. The first-order chi connectivity index (χ1) is 8.28. The quantitative estimate of drug-likeness (QED) is 0.847. The van der Waals surface area contributed by atoms with E-state index in [1.54, 1.807) is 0 Å². The van der Waals surface area contributed by atoms with Crippen LogP contribution < -0.4 is 10.6 Å². The van der Waals surface area contributed by atoms with Crippen LogP contribution in [-0.4, -0.2) is 12.6 Å². The number of nitrogens with one attached hydrogen (secondary N) is 2. The van der Waals surface area contributed by atoms with Crippen molar-refractivity contribution in [1.29, 1.82) is 0 Å². The summed E-state index contributed by atoms with van der Waals surface area (Å²) in [7, 11) is 0. The number of carbonyl (C=O) groups excluding carboxylic acids is 1. The van der Waals surface area contributed by atoms with Crippen LogP contribution in [-0.2, 0) is 6.54 Å². The number of aryl methyl sites for hydroxylation is 2. The van der Waals surface area contributed by atoms with E-state index in [-0.39, 0.29) is 11.4 Å². The summed E-state index contributed by atoms with van der Waals surface area (Å²) < 4.78 is 0. The Kier molecular flexibility index (Phi) is 4.76. The minimum Gasteiger partial charge on any atom is -0.338 e. The molecule has 18 heavy (non-hydrogen) atoms. The fourth-order valence-electron chi connectivity index (χ4n) is 1.63. The van der Waals surface area contributed by atoms with Crippen LogP contribution in [0.25, 0.3) is 0 Å². The summed E-state index contributed by atoms with van der Waals surface area (Å²) in [6.07, 6.45) is 0. The van der Waals surface area contributed by atoms with Crippen LogP contribution in [0.3, 0.4) is 0 Å². The molecule has 0 aliphatic rings. The Balaban J connectivity index is 2.43. The minimum absolute atomic E-state index is 0.107. The Morgan fingerprint density at radius 3 is 2.39 bits per heavy atom. The second kappa shape index (κ2) is 5.89. The number of amides is 2. The van der Waals surface area contributed by atoms with Gasteiger partial charge in [0.1, 0.15) is 0 Å². The van der Waals surface area contributed by atoms with Crippen LogP contribution in [0.1, 0.15) is 37.5 Å². The molecule has 3 nitrogen and oxygen atoms in total. The van der Waals surface area contributed by atoms with Crippen molar-refractivity contribution < 1.29 is 4.79 Å². The highest BCUT2D eigenvalue weighted by atomic mass is 16.2. The number of carbonyl (C=O) groups is 1. The number of benzene rings is 1. The van der Waals surface area contributed by atoms with Gasteiger partial charge in [-0.05, 0) is 30.4 Å². The molecule has 100 valence electrons. The lowest BCUT2D eigenvalue weighted by Crippen LogP contribution is -2.39. The van der Waals surface area contributed by atoms with Crippen LogP contribution >= 0.6 is 0 Å². The summed E-state index contributed by atoms with van der Waals surface area (Å²) in [6.45, 7) is 11.7. The maximum Gasteiger partial charge on any atom is 0.315 e. The molecule has 0 radical (unpaired) electrons. The predicted molar refractivity (Wildman–Crippen MR) is 75.6 cm³/mol. The molecule has 0 aliphatic carbocycles. The van der Waals surface area contributed by atoms with E-state index in [2.05, 4.69) is 63.5 Å². The molecule has 0 atom stereocenters. The molecule has 0 aromatic heterocycles. The van der Waals surface area contributed by atoms with Gasteiger partial charge in [0.05, 0.1) is 0 Å². The number of hydrogen-bond donors (Lipinski definition) is 2. The van der Waals surface area contributed by atoms with Gasteiger partial charge in [-0.15, -0.1) is 0 Å². The zero-order valence-corrected chi connectivity index (χ0v) is 12.1. The molecule has 0 fully saturated rings. The highest BCUT2D eigenvalue weighted by molar-refractivity contribution is 5.73. The average molecular weight is 248 g/mol. The molecule has 0 spiro atoms. The van der Waals surface area contributed by atoms with Crippen molar-refractivity contribution in [1.82, 2.24) is 10.6 Å². The van der Waals surface area contributed by atoms with E-state index in [9.17, 15) is 4.79 Å². The van der Waals surface area contributed by atoms with E-state index in [4.69, 9.17) is 0 Å². The van der Waals surface area contributed by atoms with Gasteiger partial charge >= 0.3 is 6.03 Å². The minimum atomic E-state index is -0.107. The Labute approximate surface area is 110 Å². The van der Waals surface area contributed by atoms with Crippen LogP contribution in [0, 0.1) is 19.3 Å². The Morgan fingerprint density at radius 1 is 1.17 bits per heavy atom. The monoisotopic (exact) mass is 248 g/mol. The van der Waals surface area contributed by atoms with Crippen LogP contribution in [0.4, 0.5) is 4.79 Å². The molecular formula is C15H24N2O. The van der Waals surface area contributed by atoms with Crippen LogP contribution in [0.15, 0.2) is 18.2 Å². The molecular weight excluding hydrogens is 224 g/mol. The van der Waals surface area contributed by atoms with Crippen molar-refractivity contribution in [2.75, 3.05) is 6.54 Å². The van der Waals surface area contributed by atoms with Crippen LogP contribution in [0.5, 0.6) is 0 Å². The molecule has 0 heterocycles. The van der Waals surface area contributed by atoms with Crippen LogP contribution in [0.2, 0.25) is 0 Å². The van der Waals surface area contributed by atoms with Crippen molar-refractivity contribution in [2.24, 2.45) is 5.41 Å². The zero-order chi connectivity index (χ0) is 13.8. The summed E-state index contributed by atoms with van der Waals surface area (Å²) >= 11 is 0. The Bertz CT molecular complexity index is 419. The van der Waals surface area contributed by atoms with Gasteiger partial charge in [0.2, 0.25) is 0 Å². The van der Waals surface area contributed by atoms with Crippen molar-refractivity contribution in [3.05, 3.63) is 34.9 Å². The second-order valence-electron chi connectivity index (χ2n) is 6.03. The van der Waals surface area contributed by atoms with Gasteiger partial charge in [-0.25, -0.2) is 4.79 Å². The summed E-state index contributed by atoms with van der Waals surface area (Å²) in [5.74, 6) is 0. The smallest absolute Gasteiger partial charge is 0.315 e. The number of hydrogen-bond acceptors (Lipinski definition) is 1. The van der Waals surface area contributed by atoms with Gasteiger partial charge in [-0.2, -0.15) is 0 Å². The van der Waals surface area contributed by atoms with Crippen molar-refractivity contribution in [2.45, 2.75) is 41.2 Å². The van der Waals surface area contributed by atoms with Gasteiger partial charge in [0, 0.05) is 13.1 Å². The van der Waals surface area contributed by atoms with E-state index >= 15 is 0 Å². The molecule has 2 N–H and O–H groups in total. The van der Waals surface area contributed by atoms with Gasteiger partial charge < -0.3 is 10.6 Å². The molecule has 0 unspecified atom stereocenters. The lowest BCUT2D eigenvalue weighted by molar-refractivity contribution is 0.235. The highest BCUT2D eigenvalue weighted by Crippen LogP contribution is 2.11. The zero-order valence-electron chi connectivity index (χ0n) is 12.1. The van der Waals surface area contributed by atoms with E-state index in [1.165, 1.54) is 11.1 Å². The summed E-state index contributed by atoms with van der Waals surface area (Å²) in [5.41, 5.74) is 3.72. The van der Waals surface area contributed by atoms with Crippen molar-refractivity contribution in [3.8, 4) is 0 Å². The summed E-state index contributed by atoms with van der Waals surface area (Å²) in [6, 6.07) is 6.15. The largest absolute Gasteiger partial charge is 0.338 e. The molecule has 3 heteroatoms. The standard InChI is InChI=1S/C15H24N2O/c1-11-6-7-13(12(2)8-11)9-16-14(18)17-10-15(3,4)5/h6-8H,9-10H2,1-5H3,(H2,16,17,18). The molecule has 1 aromatic carbocycles. The molecule has 0 saturated heterocycles. The number of rotatable bonds is 3. The molecule has 0 aliphatic heterocycles. The SMILES string of the molecule is Cc1ccc(CNC(=O)NCC(C)(C)C)c(C)c1. The maximum atomic E-state index is 11.6. The lowest BCUT2D eigenvalue weighted by atomic mass is 9.97. The second-order valence-corrected chi connectivity index (χ2v) is 6.03. The van der Waals surface area contributed by atoms with Gasteiger partial charge in [-0.1, -0.05) is 44.5 Å². The highest BCUT2D eigenvalue weighted by Gasteiger charge is 2.11. The third-order valence-electron chi connectivity index (χ3n) is 2.72. The fourth-order valence-corrected chi connectivity index (χ4v) is 1.63. The molecule has 1 rings (SSSR count). The normalized spacial score (nSPS) is 11.2. The predicted octanol–water partition coefficient (Wildman–Crippen LogP) is 3.15. The third kappa shape index (κ3) is 5.21. The van der Waals surface area contributed by atoms with Crippen molar-refractivity contribution >= 4 is 6.03 Å². The molecule has 0 saturated carbocycles. The topological polar surface area (TPSA) is 41.1 Å².